The molecular weight excluding hydrogens is 384 g/mol. The van der Waals surface area contributed by atoms with Gasteiger partial charge < -0.3 is 9.84 Å². The zero-order chi connectivity index (χ0) is 20.0. The number of thiophene rings is 1. The number of aromatic nitrogens is 2. The van der Waals surface area contributed by atoms with E-state index in [4.69, 9.17) is 4.74 Å². The molecule has 0 spiro atoms. The molecule has 0 radical (unpaired) electrons. The molecule has 0 bridgehead atoms. The second-order valence-electron chi connectivity index (χ2n) is 7.55. The summed E-state index contributed by atoms with van der Waals surface area (Å²) in [5.74, 6) is 1.36. The lowest BCUT2D eigenvalue weighted by molar-refractivity contribution is 0.0916. The van der Waals surface area contributed by atoms with E-state index in [0.717, 1.165) is 51.6 Å². The van der Waals surface area contributed by atoms with Crippen LogP contribution in [0.4, 0.5) is 0 Å². The van der Waals surface area contributed by atoms with Gasteiger partial charge in [-0.05, 0) is 43.2 Å². The monoisotopic (exact) mass is 406 g/mol. The molecule has 0 saturated carbocycles. The fraction of sp³-hybridized carbons (Fsp3) is 0.304. The van der Waals surface area contributed by atoms with Crippen molar-refractivity contribution in [3.63, 3.8) is 0 Å². The summed E-state index contributed by atoms with van der Waals surface area (Å²) in [6.07, 6.45) is 2.28. The molecule has 2 aromatic heterocycles. The van der Waals surface area contributed by atoms with Gasteiger partial charge in [0.1, 0.15) is 29.1 Å². The first-order chi connectivity index (χ1) is 14.1. The molecule has 1 aliphatic carbocycles. The fourth-order valence-electron chi connectivity index (χ4n) is 4.16. The number of fused-ring (bicyclic) bond motifs is 4. The van der Waals surface area contributed by atoms with Crippen molar-refractivity contribution in [3.05, 3.63) is 69.1 Å². The average Bonchev–Trinajstić information content (AvgIpc) is 3.30. The summed E-state index contributed by atoms with van der Waals surface area (Å²) >= 11 is 1.64. The highest BCUT2D eigenvalue weighted by Gasteiger charge is 2.23. The zero-order valence-corrected chi connectivity index (χ0v) is 17.0. The van der Waals surface area contributed by atoms with E-state index >= 15 is 0 Å². The van der Waals surface area contributed by atoms with E-state index in [1.54, 1.807) is 15.9 Å². The van der Waals surface area contributed by atoms with Crippen molar-refractivity contribution >= 4 is 32.3 Å². The Kier molecular flexibility index (Phi) is 4.60. The van der Waals surface area contributed by atoms with Crippen molar-refractivity contribution in [2.45, 2.75) is 38.8 Å². The number of aliphatic hydroxyl groups is 1. The molecule has 0 fully saturated rings. The summed E-state index contributed by atoms with van der Waals surface area (Å²) in [7, 11) is 0. The Labute approximate surface area is 172 Å². The van der Waals surface area contributed by atoms with Crippen LogP contribution in [0.2, 0.25) is 0 Å². The molecule has 1 aliphatic rings. The summed E-state index contributed by atoms with van der Waals surface area (Å²) < 4.78 is 7.48. The van der Waals surface area contributed by atoms with E-state index in [2.05, 4.69) is 4.98 Å². The van der Waals surface area contributed by atoms with Crippen LogP contribution < -0.4 is 10.3 Å². The van der Waals surface area contributed by atoms with Gasteiger partial charge in [0.05, 0.1) is 11.9 Å². The number of nitrogens with zero attached hydrogens (tertiary/aromatic N) is 2. The zero-order valence-electron chi connectivity index (χ0n) is 16.2. The predicted octanol–water partition coefficient (Wildman–Crippen LogP) is 3.85. The quantitative estimate of drug-likeness (QED) is 0.547. The number of hydrogen-bond acceptors (Lipinski definition) is 5. The summed E-state index contributed by atoms with van der Waals surface area (Å²) in [5, 5.41) is 13.4. The first-order valence-electron chi connectivity index (χ1n) is 9.92. The molecular formula is C23H22N2O3S. The maximum atomic E-state index is 13.1. The summed E-state index contributed by atoms with van der Waals surface area (Å²) in [6.45, 7) is 2.10. The lowest BCUT2D eigenvalue weighted by Gasteiger charge is -2.16. The van der Waals surface area contributed by atoms with Crippen LogP contribution in [0.3, 0.4) is 0 Å². The lowest BCUT2D eigenvalue weighted by Crippen LogP contribution is -2.32. The topological polar surface area (TPSA) is 64.4 Å². The minimum atomic E-state index is -0.809. The predicted molar refractivity (Wildman–Crippen MR) is 116 cm³/mol. The Bertz CT molecular complexity index is 1270. The van der Waals surface area contributed by atoms with Gasteiger partial charge in [0.25, 0.3) is 5.56 Å². The van der Waals surface area contributed by atoms with E-state index in [-0.39, 0.29) is 18.7 Å². The van der Waals surface area contributed by atoms with E-state index in [9.17, 15) is 9.90 Å². The van der Waals surface area contributed by atoms with Crippen LogP contribution in [0.5, 0.6) is 5.75 Å². The van der Waals surface area contributed by atoms with Crippen molar-refractivity contribution in [1.29, 1.82) is 0 Å². The van der Waals surface area contributed by atoms with Crippen molar-refractivity contribution in [2.24, 2.45) is 0 Å². The molecule has 0 saturated heterocycles. The van der Waals surface area contributed by atoms with Gasteiger partial charge in [-0.2, -0.15) is 0 Å². The molecule has 5 rings (SSSR count). The summed E-state index contributed by atoms with van der Waals surface area (Å²) in [6, 6.07) is 13.8. The summed E-state index contributed by atoms with van der Waals surface area (Å²) in [4.78, 5) is 19.9. The standard InChI is InChI=1S/C23H22N2O3S/c1-14-24-22-21(18-9-5-11-20(18)29-22)23(27)25(14)12-16(26)13-28-19-10-4-7-15-6-2-3-8-17(15)19/h2-4,6-8,10,16,26H,5,9,11-13H2,1H3/t16-/m1/s1. The molecule has 6 heteroatoms. The van der Waals surface area contributed by atoms with E-state index in [1.165, 1.54) is 4.88 Å². The highest BCUT2D eigenvalue weighted by molar-refractivity contribution is 7.18. The number of aryl methyl sites for hydroxylation is 3. The first kappa shape index (κ1) is 18.3. The van der Waals surface area contributed by atoms with Gasteiger partial charge in [0.15, 0.2) is 0 Å². The van der Waals surface area contributed by atoms with Gasteiger partial charge in [-0.25, -0.2) is 4.98 Å². The molecule has 0 aliphatic heterocycles. The van der Waals surface area contributed by atoms with Crippen LogP contribution in [0.1, 0.15) is 22.7 Å². The largest absolute Gasteiger partial charge is 0.490 e. The Hall–Kier alpha value is -2.70. The number of aliphatic hydroxyl groups excluding tert-OH is 1. The normalized spacial score (nSPS) is 14.4. The second-order valence-corrected chi connectivity index (χ2v) is 8.64. The SMILES string of the molecule is Cc1nc2sc3c(c2c(=O)n1C[C@@H](O)COc1cccc2ccccc12)CCC3. The molecule has 1 atom stereocenters. The smallest absolute Gasteiger partial charge is 0.262 e. The van der Waals surface area contributed by atoms with Crippen LogP contribution in [0.15, 0.2) is 47.3 Å². The summed E-state index contributed by atoms with van der Waals surface area (Å²) in [5.41, 5.74) is 1.12. The average molecular weight is 407 g/mol. The minimum Gasteiger partial charge on any atom is -0.490 e. The highest BCUT2D eigenvalue weighted by atomic mass is 32.1. The number of hydrogen-bond donors (Lipinski definition) is 1. The Morgan fingerprint density at radius 2 is 2.03 bits per heavy atom. The van der Waals surface area contributed by atoms with Crippen LogP contribution in [-0.4, -0.2) is 27.4 Å². The van der Waals surface area contributed by atoms with E-state index < -0.39 is 6.10 Å². The fourth-order valence-corrected chi connectivity index (χ4v) is 5.46. The molecule has 4 aromatic rings. The third kappa shape index (κ3) is 3.22. The van der Waals surface area contributed by atoms with Crippen LogP contribution in [0, 0.1) is 6.92 Å². The third-order valence-corrected chi connectivity index (χ3v) is 6.78. The van der Waals surface area contributed by atoms with Gasteiger partial charge in [-0.15, -0.1) is 11.3 Å². The number of ether oxygens (including phenoxy) is 1. The maximum absolute atomic E-state index is 13.1. The van der Waals surface area contributed by atoms with Crippen LogP contribution in [-0.2, 0) is 19.4 Å². The van der Waals surface area contributed by atoms with Crippen molar-refractivity contribution in [2.75, 3.05) is 6.61 Å². The van der Waals surface area contributed by atoms with E-state index in [1.807, 2.05) is 49.4 Å². The van der Waals surface area contributed by atoms with Crippen molar-refractivity contribution in [1.82, 2.24) is 9.55 Å². The van der Waals surface area contributed by atoms with Gasteiger partial charge in [0.2, 0.25) is 0 Å². The Morgan fingerprint density at radius 3 is 2.93 bits per heavy atom. The van der Waals surface area contributed by atoms with Crippen LogP contribution in [0.25, 0.3) is 21.0 Å². The third-order valence-electron chi connectivity index (χ3n) is 5.59. The van der Waals surface area contributed by atoms with Gasteiger partial charge in [0, 0.05) is 10.3 Å². The van der Waals surface area contributed by atoms with Gasteiger partial charge in [-0.1, -0.05) is 36.4 Å². The Morgan fingerprint density at radius 1 is 1.21 bits per heavy atom. The van der Waals surface area contributed by atoms with E-state index in [0.29, 0.717) is 5.82 Å². The van der Waals surface area contributed by atoms with Crippen LogP contribution >= 0.6 is 11.3 Å². The molecule has 0 unspecified atom stereocenters. The van der Waals surface area contributed by atoms with Gasteiger partial charge >= 0.3 is 0 Å². The molecule has 0 amide bonds. The first-order valence-corrected chi connectivity index (χ1v) is 10.7. The molecule has 5 nitrogen and oxygen atoms in total. The molecule has 148 valence electrons. The molecule has 2 heterocycles. The molecule has 2 aromatic carbocycles. The maximum Gasteiger partial charge on any atom is 0.262 e. The minimum absolute atomic E-state index is 0.0453. The van der Waals surface area contributed by atoms with Crippen molar-refractivity contribution < 1.29 is 9.84 Å². The number of rotatable bonds is 5. The lowest BCUT2D eigenvalue weighted by atomic mass is 10.1. The number of benzene rings is 2. The van der Waals surface area contributed by atoms with Crippen molar-refractivity contribution in [3.8, 4) is 5.75 Å². The second kappa shape index (κ2) is 7.28. The molecule has 1 N–H and O–H groups in total. The Balaban J connectivity index is 1.39. The molecule has 29 heavy (non-hydrogen) atoms. The van der Waals surface area contributed by atoms with Gasteiger partial charge in [-0.3, -0.25) is 9.36 Å². The highest BCUT2D eigenvalue weighted by Crippen LogP contribution is 2.34.